The smallest absolute Gasteiger partial charge is 1.00 e. The van der Waals surface area contributed by atoms with E-state index in [0.717, 1.165) is 0 Å². The molecule has 0 aliphatic carbocycles. The predicted molar refractivity (Wildman–Crippen MR) is 45.4 cm³/mol. The third-order valence-electron chi connectivity index (χ3n) is 0.838. The van der Waals surface area contributed by atoms with Crippen LogP contribution in [0.15, 0.2) is 0 Å². The quantitative estimate of drug-likeness (QED) is 0.364. The number of aliphatic carboxylic acids is 1. The molecule has 0 fully saturated rings. The molecule has 0 aliphatic heterocycles. The molecule has 0 saturated carbocycles. The molecule has 0 aromatic rings. The molecule has 6 N–H and O–H groups in total. The van der Waals surface area contributed by atoms with Crippen LogP contribution in [0.1, 0.15) is 17.6 Å². The van der Waals surface area contributed by atoms with Gasteiger partial charge in [0.15, 0.2) is 6.10 Å². The van der Waals surface area contributed by atoms with Crippen molar-refractivity contribution >= 4 is 5.97 Å². The van der Waals surface area contributed by atoms with Crippen LogP contribution in [0.25, 0.3) is 0 Å². The molecule has 0 aromatic heterocycles. The first kappa shape index (κ1) is 29.9. The van der Waals surface area contributed by atoms with Gasteiger partial charge in [0.2, 0.25) is 0 Å². The number of carboxylic acid groups (broad SMARTS) is 1. The summed E-state index contributed by atoms with van der Waals surface area (Å²) in [6.45, 7) is 2.80. The summed E-state index contributed by atoms with van der Waals surface area (Å²) in [7, 11) is 0. The average Bonchev–Trinajstić information content (AvgIpc) is 2.03. The molecule has 8 heteroatoms. The monoisotopic (exact) mass is 236 g/mol. The molecule has 74 valence electrons. The zero-order valence-corrected chi connectivity index (χ0v) is 15.7. The first-order valence-electron chi connectivity index (χ1n) is 3.41. The molecule has 5 nitrogen and oxygen atoms in total. The summed E-state index contributed by atoms with van der Waals surface area (Å²) in [6.07, 6.45) is -0.907. The first-order chi connectivity index (χ1) is 5.09. The van der Waals surface area contributed by atoms with Crippen LogP contribution in [0.4, 0.5) is 0 Å². The topological polar surface area (TPSA) is 110 Å². The molecular formula is C6H19N2Na3O3. The Hall–Kier alpha value is 2.35. The Morgan fingerprint density at radius 3 is 1.57 bits per heavy atom. The minimum Gasteiger partial charge on any atom is -1.00 e. The molecule has 0 bridgehead atoms. The van der Waals surface area contributed by atoms with Crippen molar-refractivity contribution in [3.8, 4) is 0 Å². The summed E-state index contributed by atoms with van der Waals surface area (Å²) in [5, 5.41) is 16.3. The Bertz CT molecular complexity index is 118. The van der Waals surface area contributed by atoms with E-state index in [1.807, 2.05) is 0 Å². The maximum Gasteiger partial charge on any atom is 1.00 e. The van der Waals surface area contributed by atoms with Crippen LogP contribution in [0.3, 0.4) is 0 Å². The Balaban J connectivity index is -0.0000000125. The van der Waals surface area contributed by atoms with Crippen LogP contribution < -0.4 is 100 Å². The number of rotatable bonds is 3. The van der Waals surface area contributed by atoms with E-state index in [1.54, 1.807) is 6.92 Å². The second kappa shape index (κ2) is 24.5. The summed E-state index contributed by atoms with van der Waals surface area (Å²) < 4.78 is 0. The van der Waals surface area contributed by atoms with Crippen molar-refractivity contribution in [3.05, 3.63) is 0 Å². The van der Waals surface area contributed by atoms with E-state index < -0.39 is 12.1 Å². The summed E-state index contributed by atoms with van der Waals surface area (Å²) in [6, 6.07) is 0. The molecule has 0 aromatic carbocycles. The summed E-state index contributed by atoms with van der Waals surface area (Å²) in [5.41, 5.74) is 9.81. The van der Waals surface area contributed by atoms with Crippen molar-refractivity contribution in [1.82, 2.24) is 0 Å². The number of hydrogen-bond acceptors (Lipinski definition) is 4. The molecule has 1 unspecified atom stereocenters. The van der Waals surface area contributed by atoms with Gasteiger partial charge in [-0.25, -0.2) is 4.79 Å². The van der Waals surface area contributed by atoms with Gasteiger partial charge in [-0.3, -0.25) is 0 Å². The van der Waals surface area contributed by atoms with Crippen LogP contribution in [-0.2, 0) is 4.79 Å². The molecule has 0 aliphatic rings. The van der Waals surface area contributed by atoms with Crippen LogP contribution in [-0.4, -0.2) is 35.4 Å². The maximum atomic E-state index is 9.68. The number of carboxylic acids is 1. The molecule has 0 amide bonds. The van der Waals surface area contributed by atoms with E-state index >= 15 is 0 Å². The van der Waals surface area contributed by atoms with Crippen molar-refractivity contribution in [2.24, 2.45) is 11.5 Å². The third kappa shape index (κ3) is 29.3. The van der Waals surface area contributed by atoms with E-state index in [9.17, 15) is 4.79 Å². The number of aliphatic hydroxyl groups excluding tert-OH is 1. The second-order valence-electron chi connectivity index (χ2n) is 1.84. The van der Waals surface area contributed by atoms with Gasteiger partial charge in [0.1, 0.15) is 0 Å². The summed E-state index contributed by atoms with van der Waals surface area (Å²) in [4.78, 5) is 9.68. The van der Waals surface area contributed by atoms with E-state index in [2.05, 4.69) is 0 Å². The zero-order chi connectivity index (χ0) is 9.28. The zero-order valence-electron chi connectivity index (χ0n) is 12.7. The fourth-order valence-electron chi connectivity index (χ4n) is 0.175. The first-order valence-corrected chi connectivity index (χ1v) is 3.41. The van der Waals surface area contributed by atoms with Gasteiger partial charge in [-0.05, 0) is 6.42 Å². The molecule has 14 heavy (non-hydrogen) atoms. The standard InChI is InChI=1S/C4H8O3.C2H8N2.3Na.3H/c1-2-3(5)4(6)7;3-1-2-4;;;;;;/h3,5H,2H2,1H3,(H,6,7);1-4H2;;;;;;/q;;3*+1;3*-1. The normalized spacial score (nSPS) is 8.86. The van der Waals surface area contributed by atoms with Gasteiger partial charge < -0.3 is 26.0 Å². The molecule has 0 spiro atoms. The number of nitrogens with two attached hydrogens (primary N) is 2. The Kier molecular flexibility index (Phi) is 52.4. The van der Waals surface area contributed by atoms with Gasteiger partial charge in [0.05, 0.1) is 0 Å². The third-order valence-corrected chi connectivity index (χ3v) is 0.838. The fourth-order valence-corrected chi connectivity index (χ4v) is 0.175. The van der Waals surface area contributed by atoms with E-state index in [1.165, 1.54) is 0 Å². The molecule has 0 saturated heterocycles. The summed E-state index contributed by atoms with van der Waals surface area (Å²) in [5.74, 6) is -1.15. The van der Waals surface area contributed by atoms with E-state index in [0.29, 0.717) is 13.1 Å². The number of aliphatic hydroxyl groups is 1. The van der Waals surface area contributed by atoms with Crippen LogP contribution in [0.5, 0.6) is 0 Å². The minimum atomic E-state index is -1.18. The average molecular weight is 236 g/mol. The Morgan fingerprint density at radius 1 is 1.29 bits per heavy atom. The van der Waals surface area contributed by atoms with Crippen molar-refractivity contribution < 1.29 is 108 Å². The molecular weight excluding hydrogens is 217 g/mol. The van der Waals surface area contributed by atoms with E-state index in [4.69, 9.17) is 21.7 Å². The van der Waals surface area contributed by atoms with Crippen molar-refractivity contribution in [3.63, 3.8) is 0 Å². The number of carbonyl (C=O) groups is 1. The fraction of sp³-hybridized carbons (Fsp3) is 0.833. The minimum absolute atomic E-state index is 0. The van der Waals surface area contributed by atoms with Crippen molar-refractivity contribution in [2.45, 2.75) is 19.4 Å². The van der Waals surface area contributed by atoms with Gasteiger partial charge in [-0.2, -0.15) is 0 Å². The van der Waals surface area contributed by atoms with Gasteiger partial charge in [0.25, 0.3) is 0 Å². The number of hydrogen-bond donors (Lipinski definition) is 4. The second-order valence-corrected chi connectivity index (χ2v) is 1.84. The maximum absolute atomic E-state index is 9.68. The molecule has 0 heterocycles. The Labute approximate surface area is 156 Å². The van der Waals surface area contributed by atoms with E-state index in [-0.39, 0.29) is 99.4 Å². The molecule has 0 radical (unpaired) electrons. The Morgan fingerprint density at radius 2 is 1.57 bits per heavy atom. The van der Waals surface area contributed by atoms with Crippen molar-refractivity contribution in [1.29, 1.82) is 0 Å². The largest absolute Gasteiger partial charge is 1.00 e. The molecule has 1 atom stereocenters. The van der Waals surface area contributed by atoms with Crippen molar-refractivity contribution in [2.75, 3.05) is 13.1 Å². The van der Waals surface area contributed by atoms with Gasteiger partial charge >= 0.3 is 94.6 Å². The SMILES string of the molecule is CCC(O)C(=O)O.NCCN.[H-].[H-].[H-].[Na+].[Na+].[Na+]. The van der Waals surface area contributed by atoms with Crippen LogP contribution in [0.2, 0.25) is 0 Å². The predicted octanol–water partition coefficient (Wildman–Crippen LogP) is -9.90. The van der Waals surface area contributed by atoms with Crippen LogP contribution in [0, 0.1) is 0 Å². The van der Waals surface area contributed by atoms with Crippen LogP contribution >= 0.6 is 0 Å². The van der Waals surface area contributed by atoms with Gasteiger partial charge in [0, 0.05) is 13.1 Å². The van der Waals surface area contributed by atoms with Gasteiger partial charge in [-0.1, -0.05) is 6.92 Å². The molecule has 0 rings (SSSR count). The van der Waals surface area contributed by atoms with Gasteiger partial charge in [-0.15, -0.1) is 0 Å². The summed E-state index contributed by atoms with van der Waals surface area (Å²) >= 11 is 0.